The largest absolute Gasteiger partial charge is 0.494 e. The molecular weight excluding hydrogens is 446 g/mol. The van der Waals surface area contributed by atoms with Gasteiger partial charge in [-0.05, 0) is 79.8 Å². The van der Waals surface area contributed by atoms with Gasteiger partial charge in [0.25, 0.3) is 15.9 Å². The number of nitrogens with zero attached hydrogens (tertiary/aromatic N) is 1. The van der Waals surface area contributed by atoms with Crippen molar-refractivity contribution in [3.8, 4) is 5.75 Å². The monoisotopic (exact) mass is 469 g/mol. The normalized spacial score (nSPS) is 10.8. The minimum absolute atomic E-state index is 0.0981. The molecule has 0 unspecified atom stereocenters. The molecule has 0 atom stereocenters. The highest BCUT2D eigenvalue weighted by atomic mass is 32.2. The number of carbonyl (C=O) groups excluding carboxylic acids is 1. The van der Waals surface area contributed by atoms with E-state index in [2.05, 4.69) is 10.6 Å². The van der Waals surface area contributed by atoms with Crippen molar-refractivity contribution in [3.05, 3.63) is 84.4 Å². The number of amides is 1. The topological polar surface area (TPSA) is 87.7 Å². The summed E-state index contributed by atoms with van der Waals surface area (Å²) in [6, 6.07) is 21.6. The molecule has 0 radical (unpaired) electrons. The first-order valence-electron chi connectivity index (χ1n) is 9.80. The minimum Gasteiger partial charge on any atom is -0.494 e. The fraction of sp³-hybridized carbons (Fsp3) is 0.130. The Bertz CT molecular complexity index is 1180. The quantitative estimate of drug-likeness (QED) is 0.508. The molecule has 3 rings (SSSR count). The van der Waals surface area contributed by atoms with Crippen LogP contribution < -0.4 is 19.7 Å². The summed E-state index contributed by atoms with van der Waals surface area (Å²) in [5.41, 5.74) is 1.54. The predicted octanol–water partition coefficient (Wildman–Crippen LogP) is 4.04. The molecule has 0 spiro atoms. The number of rotatable bonds is 7. The molecule has 9 heteroatoms. The van der Waals surface area contributed by atoms with Gasteiger partial charge in [0.05, 0.1) is 17.2 Å². The first kappa shape index (κ1) is 23.2. The van der Waals surface area contributed by atoms with E-state index in [4.69, 9.17) is 17.0 Å². The number of hydrogen-bond donors (Lipinski definition) is 2. The van der Waals surface area contributed by atoms with Gasteiger partial charge < -0.3 is 10.1 Å². The van der Waals surface area contributed by atoms with Crippen LogP contribution in [-0.2, 0) is 10.0 Å². The molecule has 0 aliphatic carbocycles. The summed E-state index contributed by atoms with van der Waals surface area (Å²) in [6.45, 7) is 2.43. The van der Waals surface area contributed by atoms with E-state index in [0.29, 0.717) is 29.3 Å². The maximum atomic E-state index is 12.8. The van der Waals surface area contributed by atoms with E-state index in [-0.39, 0.29) is 15.9 Å². The molecular formula is C23H23N3O4S2. The number of para-hydroxylation sites is 1. The molecule has 166 valence electrons. The summed E-state index contributed by atoms with van der Waals surface area (Å²) in [5.74, 6) is 0.312. The van der Waals surface area contributed by atoms with Crippen molar-refractivity contribution in [1.29, 1.82) is 0 Å². The van der Waals surface area contributed by atoms with Gasteiger partial charge in [-0.25, -0.2) is 8.42 Å². The lowest BCUT2D eigenvalue weighted by Gasteiger charge is -2.19. The Balaban J connectivity index is 1.62. The van der Waals surface area contributed by atoms with Gasteiger partial charge in [0.2, 0.25) is 0 Å². The smallest absolute Gasteiger partial charge is 0.264 e. The third-order valence-corrected chi connectivity index (χ3v) is 6.55. The molecule has 0 heterocycles. The molecule has 0 aliphatic rings. The van der Waals surface area contributed by atoms with Crippen LogP contribution in [0, 0.1) is 0 Å². The summed E-state index contributed by atoms with van der Waals surface area (Å²) >= 11 is 5.20. The van der Waals surface area contributed by atoms with E-state index in [9.17, 15) is 13.2 Å². The van der Waals surface area contributed by atoms with Crippen LogP contribution in [0.4, 0.5) is 11.4 Å². The number of nitrogens with one attached hydrogen (secondary N) is 2. The average molecular weight is 470 g/mol. The van der Waals surface area contributed by atoms with Gasteiger partial charge in [-0.15, -0.1) is 0 Å². The first-order chi connectivity index (χ1) is 15.3. The molecule has 2 N–H and O–H groups in total. The molecule has 0 saturated heterocycles. The molecule has 7 nitrogen and oxygen atoms in total. The lowest BCUT2D eigenvalue weighted by molar-refractivity contribution is 0.0977. The van der Waals surface area contributed by atoms with E-state index in [0.717, 1.165) is 0 Å². The Morgan fingerprint density at radius 2 is 1.59 bits per heavy atom. The average Bonchev–Trinajstić information content (AvgIpc) is 2.80. The molecule has 0 fully saturated rings. The summed E-state index contributed by atoms with van der Waals surface area (Å²) in [7, 11) is -2.20. The Morgan fingerprint density at radius 3 is 2.19 bits per heavy atom. The maximum absolute atomic E-state index is 12.8. The third kappa shape index (κ3) is 5.63. The zero-order valence-electron chi connectivity index (χ0n) is 17.6. The van der Waals surface area contributed by atoms with E-state index >= 15 is 0 Å². The number of ether oxygens (including phenoxy) is 1. The molecule has 0 aliphatic heterocycles. The maximum Gasteiger partial charge on any atom is 0.264 e. The molecule has 3 aromatic rings. The van der Waals surface area contributed by atoms with Gasteiger partial charge in [-0.3, -0.25) is 14.4 Å². The fourth-order valence-corrected chi connectivity index (χ4v) is 4.26. The number of thiocarbonyl (C=S) groups is 1. The van der Waals surface area contributed by atoms with Crippen molar-refractivity contribution in [2.45, 2.75) is 11.8 Å². The standard InChI is InChI=1S/C23H23N3O4S2/c1-3-30-20-13-9-17(10-14-20)22(27)25-23(31)24-18-11-15-21(16-12-18)32(28,29)26(2)19-7-5-4-6-8-19/h4-16H,3H2,1-2H3,(H2,24,25,27,31). The zero-order valence-corrected chi connectivity index (χ0v) is 19.2. The molecule has 0 bridgehead atoms. The van der Waals surface area contributed by atoms with Crippen LogP contribution in [-0.4, -0.2) is 33.1 Å². The van der Waals surface area contributed by atoms with Crippen LogP contribution in [0.25, 0.3) is 0 Å². The van der Waals surface area contributed by atoms with Crippen molar-refractivity contribution in [1.82, 2.24) is 5.32 Å². The van der Waals surface area contributed by atoms with Gasteiger partial charge in [0.15, 0.2) is 5.11 Å². The molecule has 0 saturated carbocycles. The van der Waals surface area contributed by atoms with E-state index < -0.39 is 10.0 Å². The Morgan fingerprint density at radius 1 is 0.969 bits per heavy atom. The molecule has 32 heavy (non-hydrogen) atoms. The molecule has 0 aromatic heterocycles. The second kappa shape index (κ2) is 10.3. The minimum atomic E-state index is -3.71. The molecule has 1 amide bonds. The van der Waals surface area contributed by atoms with Crippen molar-refractivity contribution in [3.63, 3.8) is 0 Å². The number of hydrogen-bond acceptors (Lipinski definition) is 5. The van der Waals surface area contributed by atoms with E-state index in [1.807, 2.05) is 13.0 Å². The van der Waals surface area contributed by atoms with Gasteiger partial charge in [0.1, 0.15) is 5.75 Å². The van der Waals surface area contributed by atoms with Crippen LogP contribution in [0.1, 0.15) is 17.3 Å². The highest BCUT2D eigenvalue weighted by Crippen LogP contribution is 2.23. The Kier molecular flexibility index (Phi) is 7.45. The fourth-order valence-electron chi connectivity index (χ4n) is 2.85. The van der Waals surface area contributed by atoms with E-state index in [1.165, 1.54) is 23.5 Å². The number of sulfonamides is 1. The van der Waals surface area contributed by atoms with Crippen LogP contribution in [0.5, 0.6) is 5.75 Å². The summed E-state index contributed by atoms with van der Waals surface area (Å²) in [5, 5.41) is 5.57. The lowest BCUT2D eigenvalue weighted by atomic mass is 10.2. The lowest BCUT2D eigenvalue weighted by Crippen LogP contribution is -2.34. The second-order valence-corrected chi connectivity index (χ2v) is 9.08. The summed E-state index contributed by atoms with van der Waals surface area (Å²) in [4.78, 5) is 12.5. The van der Waals surface area contributed by atoms with Crippen LogP contribution in [0.15, 0.2) is 83.8 Å². The van der Waals surface area contributed by atoms with E-state index in [1.54, 1.807) is 60.7 Å². The van der Waals surface area contributed by atoms with Gasteiger partial charge >= 0.3 is 0 Å². The zero-order chi connectivity index (χ0) is 23.1. The Labute approximate surface area is 193 Å². The first-order valence-corrected chi connectivity index (χ1v) is 11.7. The highest BCUT2D eigenvalue weighted by Gasteiger charge is 2.21. The Hall–Kier alpha value is -3.43. The van der Waals surface area contributed by atoms with Crippen molar-refractivity contribution in [2.24, 2.45) is 0 Å². The van der Waals surface area contributed by atoms with Gasteiger partial charge in [-0.2, -0.15) is 0 Å². The highest BCUT2D eigenvalue weighted by molar-refractivity contribution is 7.92. The van der Waals surface area contributed by atoms with Crippen molar-refractivity contribution in [2.75, 3.05) is 23.3 Å². The van der Waals surface area contributed by atoms with Gasteiger partial charge in [-0.1, -0.05) is 18.2 Å². The predicted molar refractivity (Wildman–Crippen MR) is 130 cm³/mol. The molecule has 3 aromatic carbocycles. The van der Waals surface area contributed by atoms with Crippen LogP contribution >= 0.6 is 12.2 Å². The van der Waals surface area contributed by atoms with Crippen molar-refractivity contribution >= 4 is 44.6 Å². The summed E-state index contributed by atoms with van der Waals surface area (Å²) < 4.78 is 32.3. The van der Waals surface area contributed by atoms with Crippen LogP contribution in [0.3, 0.4) is 0 Å². The number of anilines is 2. The van der Waals surface area contributed by atoms with Gasteiger partial charge in [0, 0.05) is 18.3 Å². The third-order valence-electron chi connectivity index (χ3n) is 4.54. The SMILES string of the molecule is CCOc1ccc(C(=O)NC(=S)Nc2ccc(S(=O)(=O)N(C)c3ccccc3)cc2)cc1. The second-order valence-electron chi connectivity index (χ2n) is 6.70. The number of benzene rings is 3. The van der Waals surface area contributed by atoms with Crippen molar-refractivity contribution < 1.29 is 17.9 Å². The summed E-state index contributed by atoms with van der Waals surface area (Å²) in [6.07, 6.45) is 0. The number of carbonyl (C=O) groups is 1. The van der Waals surface area contributed by atoms with Crippen LogP contribution in [0.2, 0.25) is 0 Å².